The Morgan fingerprint density at radius 1 is 1.21 bits per heavy atom. The van der Waals surface area contributed by atoms with Crippen LogP contribution in [-0.2, 0) is 10.0 Å². The van der Waals surface area contributed by atoms with Gasteiger partial charge in [0.15, 0.2) is 0 Å². The Labute approximate surface area is 171 Å². The SMILES string of the molecule is CNS(=O)(=O)c1ccc(Cl)c(C(=O)NC(C)c2nc(-c3ccncc3)cs2)c1. The third-order valence-electron chi connectivity index (χ3n) is 3.98. The van der Waals surface area contributed by atoms with Gasteiger partial charge in [-0.3, -0.25) is 9.78 Å². The lowest BCUT2D eigenvalue weighted by Crippen LogP contribution is -2.27. The maximum absolute atomic E-state index is 12.7. The van der Waals surface area contributed by atoms with Crippen molar-refractivity contribution in [2.45, 2.75) is 17.9 Å². The Hall–Kier alpha value is -2.33. The van der Waals surface area contributed by atoms with Crippen LogP contribution in [0.3, 0.4) is 0 Å². The van der Waals surface area contributed by atoms with Crippen molar-refractivity contribution in [1.29, 1.82) is 0 Å². The quantitative estimate of drug-likeness (QED) is 0.617. The van der Waals surface area contributed by atoms with Gasteiger partial charge >= 0.3 is 0 Å². The van der Waals surface area contributed by atoms with Gasteiger partial charge in [0.1, 0.15) is 5.01 Å². The topological polar surface area (TPSA) is 101 Å². The molecule has 0 spiro atoms. The highest BCUT2D eigenvalue weighted by Gasteiger charge is 2.20. The van der Waals surface area contributed by atoms with Gasteiger partial charge in [-0.05, 0) is 44.3 Å². The molecule has 0 radical (unpaired) electrons. The lowest BCUT2D eigenvalue weighted by molar-refractivity contribution is 0.0939. The second kappa shape index (κ2) is 8.36. The van der Waals surface area contributed by atoms with E-state index in [9.17, 15) is 13.2 Å². The molecule has 0 saturated heterocycles. The maximum atomic E-state index is 12.7. The second-order valence-electron chi connectivity index (χ2n) is 5.85. The van der Waals surface area contributed by atoms with E-state index in [1.807, 2.05) is 17.5 Å². The Morgan fingerprint density at radius 3 is 2.61 bits per heavy atom. The van der Waals surface area contributed by atoms with E-state index in [4.69, 9.17) is 11.6 Å². The molecule has 1 unspecified atom stereocenters. The average molecular weight is 437 g/mol. The van der Waals surface area contributed by atoms with Gasteiger partial charge in [-0.25, -0.2) is 18.1 Å². The number of aromatic nitrogens is 2. The molecule has 0 saturated carbocycles. The number of sulfonamides is 1. The molecule has 146 valence electrons. The van der Waals surface area contributed by atoms with Crippen molar-refractivity contribution in [2.75, 3.05) is 7.05 Å². The summed E-state index contributed by atoms with van der Waals surface area (Å²) in [5.41, 5.74) is 1.81. The van der Waals surface area contributed by atoms with Gasteiger partial charge < -0.3 is 5.32 Å². The van der Waals surface area contributed by atoms with Gasteiger partial charge in [-0.1, -0.05) is 11.6 Å². The molecule has 2 N–H and O–H groups in total. The molecule has 0 aliphatic heterocycles. The van der Waals surface area contributed by atoms with Crippen LogP contribution in [0.1, 0.15) is 28.3 Å². The number of hydrogen-bond acceptors (Lipinski definition) is 6. The summed E-state index contributed by atoms with van der Waals surface area (Å²) in [5.74, 6) is -0.480. The molecule has 0 aliphatic rings. The fraction of sp³-hybridized carbons (Fsp3) is 0.167. The number of nitrogens with zero attached hydrogens (tertiary/aromatic N) is 2. The standard InChI is InChI=1S/C18H17ClN4O3S2/c1-11(18-23-16(10-27-18)12-5-7-21-8-6-12)22-17(24)14-9-13(3-4-15(14)19)28(25,26)20-2/h3-11,20H,1-2H3,(H,22,24). The molecule has 3 rings (SSSR count). The van der Waals surface area contributed by atoms with E-state index < -0.39 is 15.9 Å². The van der Waals surface area contributed by atoms with Crippen LogP contribution in [0, 0.1) is 0 Å². The molecule has 2 aromatic heterocycles. The summed E-state index contributed by atoms with van der Waals surface area (Å²) in [6.45, 7) is 1.80. The zero-order valence-electron chi connectivity index (χ0n) is 15.0. The number of amides is 1. The molecule has 28 heavy (non-hydrogen) atoms. The van der Waals surface area contributed by atoms with Crippen LogP contribution in [0.2, 0.25) is 5.02 Å². The highest BCUT2D eigenvalue weighted by atomic mass is 35.5. The molecule has 0 fully saturated rings. The largest absolute Gasteiger partial charge is 0.343 e. The third kappa shape index (κ3) is 4.39. The molecule has 3 aromatic rings. The number of rotatable bonds is 6. The number of pyridine rings is 1. The summed E-state index contributed by atoms with van der Waals surface area (Å²) in [5, 5.41) is 5.60. The first kappa shape index (κ1) is 20.4. The number of benzene rings is 1. The minimum absolute atomic E-state index is 0.0357. The highest BCUT2D eigenvalue weighted by Crippen LogP contribution is 2.26. The fourth-order valence-electron chi connectivity index (χ4n) is 2.44. The van der Waals surface area contributed by atoms with Crippen molar-refractivity contribution in [1.82, 2.24) is 20.0 Å². The fourth-order valence-corrected chi connectivity index (χ4v) is 4.24. The summed E-state index contributed by atoms with van der Waals surface area (Å²) in [6.07, 6.45) is 3.38. The zero-order chi connectivity index (χ0) is 20.3. The molecule has 1 amide bonds. The molecule has 2 heterocycles. The number of carbonyl (C=O) groups is 1. The predicted molar refractivity (Wildman–Crippen MR) is 109 cm³/mol. The van der Waals surface area contributed by atoms with Crippen molar-refractivity contribution < 1.29 is 13.2 Å². The summed E-state index contributed by atoms with van der Waals surface area (Å²) < 4.78 is 26.2. The van der Waals surface area contributed by atoms with Gasteiger partial charge in [0.2, 0.25) is 10.0 Å². The zero-order valence-corrected chi connectivity index (χ0v) is 17.4. The van der Waals surface area contributed by atoms with E-state index in [0.717, 1.165) is 16.3 Å². The molecular formula is C18H17ClN4O3S2. The van der Waals surface area contributed by atoms with Gasteiger partial charge in [0, 0.05) is 23.3 Å². The maximum Gasteiger partial charge on any atom is 0.253 e. The van der Waals surface area contributed by atoms with Crippen LogP contribution in [0.25, 0.3) is 11.3 Å². The second-order valence-corrected chi connectivity index (χ2v) is 9.03. The predicted octanol–water partition coefficient (Wildman–Crippen LogP) is 3.26. The van der Waals surface area contributed by atoms with Crippen LogP contribution in [0.5, 0.6) is 0 Å². The normalized spacial score (nSPS) is 12.5. The van der Waals surface area contributed by atoms with Crippen LogP contribution >= 0.6 is 22.9 Å². The van der Waals surface area contributed by atoms with Crippen molar-refractivity contribution in [3.8, 4) is 11.3 Å². The minimum Gasteiger partial charge on any atom is -0.343 e. The Kier molecular flexibility index (Phi) is 6.09. The van der Waals surface area contributed by atoms with Gasteiger partial charge in [-0.2, -0.15) is 0 Å². The van der Waals surface area contributed by atoms with Crippen molar-refractivity contribution in [3.05, 3.63) is 63.7 Å². The smallest absolute Gasteiger partial charge is 0.253 e. The Bertz CT molecular complexity index is 1100. The van der Waals surface area contributed by atoms with Gasteiger partial charge in [-0.15, -0.1) is 11.3 Å². The van der Waals surface area contributed by atoms with Crippen molar-refractivity contribution in [2.24, 2.45) is 0 Å². The number of nitrogens with one attached hydrogen (secondary N) is 2. The van der Waals surface area contributed by atoms with Crippen molar-refractivity contribution >= 4 is 38.9 Å². The minimum atomic E-state index is -3.68. The van der Waals surface area contributed by atoms with E-state index in [0.29, 0.717) is 0 Å². The van der Waals surface area contributed by atoms with Gasteiger partial charge in [0.25, 0.3) is 5.91 Å². The van der Waals surface area contributed by atoms with Crippen LogP contribution in [0.15, 0.2) is 53.0 Å². The Morgan fingerprint density at radius 2 is 1.93 bits per heavy atom. The van der Waals surface area contributed by atoms with E-state index in [1.165, 1.54) is 36.6 Å². The van der Waals surface area contributed by atoms with E-state index in [2.05, 4.69) is 20.0 Å². The molecule has 10 heteroatoms. The first-order valence-corrected chi connectivity index (χ1v) is 11.0. The van der Waals surface area contributed by atoms with Crippen molar-refractivity contribution in [3.63, 3.8) is 0 Å². The number of carbonyl (C=O) groups excluding carboxylic acids is 1. The van der Waals surface area contributed by atoms with E-state index in [1.54, 1.807) is 19.3 Å². The molecule has 0 bridgehead atoms. The van der Waals surface area contributed by atoms with Crippen LogP contribution < -0.4 is 10.0 Å². The summed E-state index contributed by atoms with van der Waals surface area (Å²) >= 11 is 7.52. The first-order chi connectivity index (χ1) is 13.3. The summed E-state index contributed by atoms with van der Waals surface area (Å²) in [7, 11) is -2.38. The summed E-state index contributed by atoms with van der Waals surface area (Å²) in [4.78, 5) is 21.2. The lowest BCUT2D eigenvalue weighted by Gasteiger charge is -2.13. The van der Waals surface area contributed by atoms with E-state index >= 15 is 0 Å². The molecule has 1 atom stereocenters. The number of thiazole rings is 1. The van der Waals surface area contributed by atoms with Crippen LogP contribution in [0.4, 0.5) is 0 Å². The highest BCUT2D eigenvalue weighted by molar-refractivity contribution is 7.89. The first-order valence-electron chi connectivity index (χ1n) is 8.21. The lowest BCUT2D eigenvalue weighted by atomic mass is 10.2. The third-order valence-corrected chi connectivity index (χ3v) is 6.75. The number of halogens is 1. The monoisotopic (exact) mass is 436 g/mol. The molecule has 0 aliphatic carbocycles. The molecular weight excluding hydrogens is 420 g/mol. The van der Waals surface area contributed by atoms with Crippen LogP contribution in [-0.4, -0.2) is 31.3 Å². The number of hydrogen-bond donors (Lipinski definition) is 2. The summed E-state index contributed by atoms with van der Waals surface area (Å²) in [6, 6.07) is 7.31. The molecule has 7 nitrogen and oxygen atoms in total. The Balaban J connectivity index is 1.80. The average Bonchev–Trinajstić information content (AvgIpc) is 3.19. The molecule has 1 aromatic carbocycles. The van der Waals surface area contributed by atoms with Gasteiger partial charge in [0.05, 0.1) is 27.2 Å². The van der Waals surface area contributed by atoms with E-state index in [-0.39, 0.29) is 21.5 Å².